The van der Waals surface area contributed by atoms with Gasteiger partial charge in [-0.05, 0) is 24.6 Å². The van der Waals surface area contributed by atoms with Crippen LogP contribution < -0.4 is 11.3 Å². The second-order valence-corrected chi connectivity index (χ2v) is 7.00. The van der Waals surface area contributed by atoms with E-state index in [4.69, 9.17) is 22.2 Å². The van der Waals surface area contributed by atoms with Crippen LogP contribution >= 0.6 is 11.6 Å². The lowest BCUT2D eigenvalue weighted by Crippen LogP contribution is -2.35. The van der Waals surface area contributed by atoms with E-state index >= 15 is 0 Å². The van der Waals surface area contributed by atoms with Crippen LogP contribution in [-0.2, 0) is 4.74 Å². The largest absolute Gasteiger partial charge is 0.387 e. The highest BCUT2D eigenvalue weighted by Crippen LogP contribution is 2.38. The topological polar surface area (TPSA) is 152 Å². The van der Waals surface area contributed by atoms with Gasteiger partial charge in [-0.2, -0.15) is 5.10 Å². The Kier molecular flexibility index (Phi) is 4.91. The highest BCUT2D eigenvalue weighted by atomic mass is 35.5. The Labute approximate surface area is 164 Å². The van der Waals surface area contributed by atoms with E-state index in [0.717, 1.165) is 0 Å². The van der Waals surface area contributed by atoms with Crippen molar-refractivity contribution < 1.29 is 20.1 Å². The van der Waals surface area contributed by atoms with Crippen LogP contribution in [0.5, 0.6) is 0 Å². The predicted octanol–water partition coefficient (Wildman–Crippen LogP) is 0.427. The van der Waals surface area contributed by atoms with E-state index in [0.29, 0.717) is 33.1 Å². The van der Waals surface area contributed by atoms with Crippen molar-refractivity contribution in [2.75, 3.05) is 5.43 Å². The summed E-state index contributed by atoms with van der Waals surface area (Å²) >= 11 is 5.87. The first-order chi connectivity index (χ1) is 13.4. The summed E-state index contributed by atoms with van der Waals surface area (Å²) in [6.07, 6.45) is -4.69. The molecule has 5 atom stereocenters. The lowest BCUT2D eigenvalue weighted by Gasteiger charge is -2.21. The SMILES string of the molecule is Cc1nn([C@@H]2O[C@H](C(O)c3ccc(Cl)cc3)[C@@H](O)[C@H]2O)c2ncnc(NN)c12. The summed E-state index contributed by atoms with van der Waals surface area (Å²) < 4.78 is 7.18. The summed E-state index contributed by atoms with van der Waals surface area (Å²) in [7, 11) is 0. The van der Waals surface area contributed by atoms with Crippen molar-refractivity contribution in [3.05, 3.63) is 46.9 Å². The monoisotopic (exact) mass is 406 g/mol. The Bertz CT molecular complexity index is 997. The van der Waals surface area contributed by atoms with E-state index in [2.05, 4.69) is 20.5 Å². The molecule has 1 aliphatic rings. The number of anilines is 1. The van der Waals surface area contributed by atoms with Gasteiger partial charge in [0.1, 0.15) is 30.7 Å². The van der Waals surface area contributed by atoms with Crippen molar-refractivity contribution >= 4 is 28.5 Å². The zero-order valence-corrected chi connectivity index (χ0v) is 15.5. The number of ether oxygens (including phenoxy) is 1. The molecule has 1 aliphatic heterocycles. The zero-order valence-electron chi connectivity index (χ0n) is 14.8. The highest BCUT2D eigenvalue weighted by Gasteiger charge is 2.48. The molecule has 0 saturated carbocycles. The van der Waals surface area contributed by atoms with Crippen LogP contribution in [0, 0.1) is 6.92 Å². The van der Waals surface area contributed by atoms with Crippen molar-refractivity contribution in [2.24, 2.45) is 5.84 Å². The number of nitrogens with two attached hydrogens (primary N) is 1. The molecule has 1 saturated heterocycles. The van der Waals surface area contributed by atoms with E-state index in [9.17, 15) is 15.3 Å². The molecule has 2 aromatic heterocycles. The van der Waals surface area contributed by atoms with E-state index in [1.807, 2.05) is 0 Å². The molecule has 3 heterocycles. The predicted molar refractivity (Wildman–Crippen MR) is 100 cm³/mol. The number of fused-ring (bicyclic) bond motifs is 1. The quantitative estimate of drug-likeness (QED) is 0.306. The van der Waals surface area contributed by atoms with Gasteiger partial charge in [-0.25, -0.2) is 20.5 Å². The number of hydrogen-bond donors (Lipinski definition) is 5. The molecule has 3 aromatic rings. The molecule has 0 spiro atoms. The number of aliphatic hydroxyl groups excluding tert-OH is 3. The van der Waals surface area contributed by atoms with Crippen molar-refractivity contribution in [1.82, 2.24) is 19.7 Å². The number of hydrogen-bond acceptors (Lipinski definition) is 9. The van der Waals surface area contributed by atoms with Gasteiger partial charge in [0.05, 0.1) is 11.1 Å². The molecule has 28 heavy (non-hydrogen) atoms. The summed E-state index contributed by atoms with van der Waals surface area (Å²) in [5, 5.41) is 37.1. The summed E-state index contributed by atoms with van der Waals surface area (Å²) in [6, 6.07) is 6.50. The lowest BCUT2D eigenvalue weighted by atomic mass is 9.99. The number of halogens is 1. The van der Waals surface area contributed by atoms with Crippen LogP contribution in [0.1, 0.15) is 23.6 Å². The number of aryl methyl sites for hydroxylation is 1. The zero-order chi connectivity index (χ0) is 20.0. The minimum absolute atomic E-state index is 0.373. The lowest BCUT2D eigenvalue weighted by molar-refractivity contribution is -0.0884. The number of nitrogens with one attached hydrogen (secondary N) is 1. The maximum atomic E-state index is 10.6. The average molecular weight is 407 g/mol. The van der Waals surface area contributed by atoms with Gasteiger partial charge in [0, 0.05) is 5.02 Å². The standard InChI is InChI=1S/C17H19ClN6O4/c1-7-10-15(22-19)20-6-21-16(10)24(23-7)17-13(27)12(26)14(28-17)11(25)8-2-4-9(18)5-3-8/h2-6,11-14,17,25-27H,19H2,1H3,(H,20,21,22)/t11?,12-,13+,14+,17+/m0/s1. The fourth-order valence-corrected chi connectivity index (χ4v) is 3.55. The third-order valence-corrected chi connectivity index (χ3v) is 5.09. The summed E-state index contributed by atoms with van der Waals surface area (Å²) in [6.45, 7) is 1.74. The maximum absolute atomic E-state index is 10.6. The third kappa shape index (κ3) is 3.00. The van der Waals surface area contributed by atoms with E-state index < -0.39 is 30.6 Å². The van der Waals surface area contributed by atoms with Gasteiger partial charge in [-0.15, -0.1) is 0 Å². The summed E-state index contributed by atoms with van der Waals surface area (Å²) in [5.74, 6) is 5.87. The Morgan fingerprint density at radius 3 is 2.61 bits per heavy atom. The number of aliphatic hydroxyl groups is 3. The number of benzene rings is 1. The molecule has 0 aliphatic carbocycles. The molecule has 4 rings (SSSR count). The molecular formula is C17H19ClN6O4. The third-order valence-electron chi connectivity index (χ3n) is 4.84. The molecular weight excluding hydrogens is 388 g/mol. The molecule has 6 N–H and O–H groups in total. The molecule has 1 fully saturated rings. The average Bonchev–Trinajstić information content (AvgIpc) is 3.19. The minimum Gasteiger partial charge on any atom is -0.387 e. The normalized spacial score (nSPS) is 25.9. The Morgan fingerprint density at radius 2 is 1.93 bits per heavy atom. The molecule has 0 amide bonds. The Hall–Kier alpha value is -2.34. The first-order valence-electron chi connectivity index (χ1n) is 8.54. The van der Waals surface area contributed by atoms with E-state index in [1.54, 1.807) is 31.2 Å². The van der Waals surface area contributed by atoms with Crippen LogP contribution in [0.2, 0.25) is 5.02 Å². The molecule has 0 bridgehead atoms. The number of nitrogen functional groups attached to an aromatic ring is 1. The van der Waals surface area contributed by atoms with E-state index in [-0.39, 0.29) is 0 Å². The first-order valence-corrected chi connectivity index (χ1v) is 8.91. The fourth-order valence-electron chi connectivity index (χ4n) is 3.43. The fraction of sp³-hybridized carbons (Fsp3) is 0.353. The second kappa shape index (κ2) is 7.24. The molecule has 11 heteroatoms. The second-order valence-electron chi connectivity index (χ2n) is 6.56. The number of rotatable bonds is 4. The summed E-state index contributed by atoms with van der Waals surface area (Å²) in [5.41, 5.74) is 3.92. The molecule has 10 nitrogen and oxygen atoms in total. The van der Waals surface area contributed by atoms with Gasteiger partial charge in [-0.3, -0.25) is 0 Å². The van der Waals surface area contributed by atoms with Crippen LogP contribution in [0.3, 0.4) is 0 Å². The molecule has 1 aromatic carbocycles. The van der Waals surface area contributed by atoms with Crippen molar-refractivity contribution in [2.45, 2.75) is 37.6 Å². The van der Waals surface area contributed by atoms with Crippen molar-refractivity contribution in [1.29, 1.82) is 0 Å². The summed E-state index contributed by atoms with van der Waals surface area (Å²) in [4.78, 5) is 8.24. The van der Waals surface area contributed by atoms with Gasteiger partial charge in [0.2, 0.25) is 0 Å². The van der Waals surface area contributed by atoms with Gasteiger partial charge in [0.25, 0.3) is 0 Å². The molecule has 1 unspecified atom stereocenters. The minimum atomic E-state index is -1.34. The van der Waals surface area contributed by atoms with Crippen LogP contribution in [0.4, 0.5) is 5.82 Å². The maximum Gasteiger partial charge on any atom is 0.181 e. The number of hydrazine groups is 1. The van der Waals surface area contributed by atoms with Crippen LogP contribution in [-0.4, -0.2) is 53.4 Å². The van der Waals surface area contributed by atoms with Crippen molar-refractivity contribution in [3.8, 4) is 0 Å². The number of nitrogens with zero attached hydrogens (tertiary/aromatic N) is 4. The Morgan fingerprint density at radius 1 is 1.21 bits per heavy atom. The van der Waals surface area contributed by atoms with Crippen LogP contribution in [0.25, 0.3) is 11.0 Å². The van der Waals surface area contributed by atoms with Crippen LogP contribution in [0.15, 0.2) is 30.6 Å². The van der Waals surface area contributed by atoms with Gasteiger partial charge in [0.15, 0.2) is 17.7 Å². The molecule has 0 radical (unpaired) electrons. The number of aromatic nitrogens is 4. The van der Waals surface area contributed by atoms with Gasteiger partial charge < -0.3 is 25.5 Å². The van der Waals surface area contributed by atoms with Crippen molar-refractivity contribution in [3.63, 3.8) is 0 Å². The van der Waals surface area contributed by atoms with Gasteiger partial charge in [-0.1, -0.05) is 23.7 Å². The highest BCUT2D eigenvalue weighted by molar-refractivity contribution is 6.30. The van der Waals surface area contributed by atoms with Gasteiger partial charge >= 0.3 is 0 Å². The van der Waals surface area contributed by atoms with E-state index in [1.165, 1.54) is 11.0 Å². The molecule has 148 valence electrons. The first kappa shape index (κ1) is 19.0. The Balaban J connectivity index is 1.69. The smallest absolute Gasteiger partial charge is 0.181 e.